The molecular weight excluding hydrogens is 304 g/mol. The van der Waals surface area contributed by atoms with Crippen LogP contribution in [0.2, 0.25) is 0 Å². The highest BCUT2D eigenvalue weighted by Crippen LogP contribution is 2.40. The second-order valence-electron chi connectivity index (χ2n) is 7.50. The van der Waals surface area contributed by atoms with E-state index in [1.807, 2.05) is 0 Å². The number of benzene rings is 1. The van der Waals surface area contributed by atoms with Crippen LogP contribution in [0.25, 0.3) is 22.4 Å². The summed E-state index contributed by atoms with van der Waals surface area (Å²) in [6.45, 7) is 8.83. The minimum absolute atomic E-state index is 0.533. The molecule has 0 spiro atoms. The van der Waals surface area contributed by atoms with Gasteiger partial charge in [0, 0.05) is 35.4 Å². The normalized spacial score (nSPS) is 12.4. The summed E-state index contributed by atoms with van der Waals surface area (Å²) in [5.41, 5.74) is 11.8. The van der Waals surface area contributed by atoms with Crippen molar-refractivity contribution in [3.05, 3.63) is 70.7 Å². The average molecular weight is 329 g/mol. The molecule has 0 bridgehead atoms. The highest BCUT2D eigenvalue weighted by atomic mass is 14.9. The lowest BCUT2D eigenvalue weighted by molar-refractivity contribution is -0.660. The van der Waals surface area contributed by atoms with E-state index in [9.17, 15) is 0 Å². The highest BCUT2D eigenvalue weighted by molar-refractivity contribution is 5.81. The topological polar surface area (TPSA) is 16.8 Å². The molecule has 2 heterocycles. The molecule has 1 aliphatic rings. The van der Waals surface area contributed by atoms with E-state index in [0.717, 1.165) is 12.1 Å². The Morgan fingerprint density at radius 1 is 0.960 bits per heavy atom. The molecule has 1 aromatic carbocycles. The maximum absolute atomic E-state index is 4.76. The zero-order chi connectivity index (χ0) is 17.7. The second kappa shape index (κ2) is 5.80. The van der Waals surface area contributed by atoms with Crippen LogP contribution >= 0.6 is 0 Å². The quantitative estimate of drug-likeness (QED) is 0.479. The third kappa shape index (κ3) is 2.57. The van der Waals surface area contributed by atoms with Crippen molar-refractivity contribution in [2.24, 2.45) is 7.05 Å². The van der Waals surface area contributed by atoms with E-state index in [1.54, 1.807) is 0 Å². The first-order valence-electron chi connectivity index (χ1n) is 9.05. The van der Waals surface area contributed by atoms with Gasteiger partial charge in [0.25, 0.3) is 0 Å². The third-order valence-electron chi connectivity index (χ3n) is 5.46. The van der Waals surface area contributed by atoms with Gasteiger partial charge in [0.2, 0.25) is 5.69 Å². The molecule has 0 radical (unpaired) electrons. The molecule has 2 aromatic heterocycles. The predicted molar refractivity (Wildman–Crippen MR) is 103 cm³/mol. The Balaban J connectivity index is 1.87. The fourth-order valence-corrected chi connectivity index (χ4v) is 3.89. The molecule has 126 valence electrons. The van der Waals surface area contributed by atoms with Crippen molar-refractivity contribution in [2.75, 3.05) is 0 Å². The molecule has 0 fully saturated rings. The van der Waals surface area contributed by atoms with Gasteiger partial charge in [-0.2, -0.15) is 0 Å². The fraction of sp³-hybridized carbons (Fsp3) is 0.304. The van der Waals surface area contributed by atoms with Gasteiger partial charge in [-0.15, -0.1) is 0 Å². The zero-order valence-electron chi connectivity index (χ0n) is 15.7. The number of fused-ring (bicyclic) bond motifs is 3. The first kappa shape index (κ1) is 16.0. The van der Waals surface area contributed by atoms with Crippen LogP contribution in [0.1, 0.15) is 47.8 Å². The van der Waals surface area contributed by atoms with Gasteiger partial charge >= 0.3 is 0 Å². The summed E-state index contributed by atoms with van der Waals surface area (Å²) in [6.07, 6.45) is 3.12. The molecule has 1 aliphatic carbocycles. The van der Waals surface area contributed by atoms with Crippen LogP contribution in [0.15, 0.2) is 42.6 Å². The summed E-state index contributed by atoms with van der Waals surface area (Å²) in [6, 6.07) is 13.5. The van der Waals surface area contributed by atoms with Gasteiger partial charge in [-0.25, -0.2) is 4.57 Å². The monoisotopic (exact) mass is 329 g/mol. The highest BCUT2D eigenvalue weighted by Gasteiger charge is 2.25. The van der Waals surface area contributed by atoms with E-state index >= 15 is 0 Å². The predicted octanol–water partition coefficient (Wildman–Crippen LogP) is 4.88. The molecule has 0 atom stereocenters. The number of nitrogens with zero attached hydrogens (tertiary/aromatic N) is 2. The Labute approximate surface area is 150 Å². The van der Waals surface area contributed by atoms with Crippen LogP contribution in [0.3, 0.4) is 0 Å². The molecule has 2 heteroatoms. The van der Waals surface area contributed by atoms with Crippen LogP contribution in [0.5, 0.6) is 0 Å². The van der Waals surface area contributed by atoms with Crippen molar-refractivity contribution < 1.29 is 4.57 Å². The summed E-state index contributed by atoms with van der Waals surface area (Å²) in [4.78, 5) is 4.76. The van der Waals surface area contributed by atoms with E-state index in [-0.39, 0.29) is 0 Å². The van der Waals surface area contributed by atoms with Crippen molar-refractivity contribution in [2.45, 2.75) is 40.0 Å². The molecule has 0 saturated heterocycles. The molecular formula is C23H25N2+. The number of hydrogen-bond donors (Lipinski definition) is 0. The first-order chi connectivity index (χ1) is 12.0. The molecule has 4 rings (SSSR count). The molecule has 0 N–H and O–H groups in total. The number of aromatic nitrogens is 2. The summed E-state index contributed by atoms with van der Waals surface area (Å²) in [7, 11) is 2.13. The number of hydrogen-bond acceptors (Lipinski definition) is 1. The van der Waals surface area contributed by atoms with Crippen LogP contribution < -0.4 is 4.57 Å². The lowest BCUT2D eigenvalue weighted by Crippen LogP contribution is -2.31. The molecule has 3 aromatic rings. The summed E-state index contributed by atoms with van der Waals surface area (Å²) < 4.78 is 2.23. The van der Waals surface area contributed by atoms with E-state index < -0.39 is 0 Å². The number of aryl methyl sites for hydroxylation is 2. The third-order valence-corrected chi connectivity index (χ3v) is 5.46. The summed E-state index contributed by atoms with van der Waals surface area (Å²) in [5, 5.41) is 0. The van der Waals surface area contributed by atoms with Crippen LogP contribution in [-0.2, 0) is 13.5 Å². The maximum atomic E-state index is 4.76. The van der Waals surface area contributed by atoms with E-state index in [0.29, 0.717) is 5.92 Å². The van der Waals surface area contributed by atoms with E-state index in [2.05, 4.69) is 81.9 Å². The molecule has 2 nitrogen and oxygen atoms in total. The maximum Gasteiger partial charge on any atom is 0.212 e. The second-order valence-corrected chi connectivity index (χ2v) is 7.50. The van der Waals surface area contributed by atoms with Gasteiger partial charge in [0.05, 0.1) is 5.69 Å². The Morgan fingerprint density at radius 2 is 1.68 bits per heavy atom. The van der Waals surface area contributed by atoms with Gasteiger partial charge in [-0.1, -0.05) is 26.0 Å². The average Bonchev–Trinajstić information content (AvgIpc) is 2.94. The fourth-order valence-electron chi connectivity index (χ4n) is 3.89. The molecule has 0 amide bonds. The Hall–Kier alpha value is -2.48. The van der Waals surface area contributed by atoms with E-state index in [1.165, 1.54) is 44.8 Å². The smallest absolute Gasteiger partial charge is 0.212 e. The lowest BCUT2D eigenvalue weighted by Gasteiger charge is -2.12. The first-order valence-corrected chi connectivity index (χ1v) is 9.05. The molecule has 0 saturated carbocycles. The van der Waals surface area contributed by atoms with Gasteiger partial charge < -0.3 is 0 Å². The van der Waals surface area contributed by atoms with Gasteiger partial charge in [-0.3, -0.25) is 4.98 Å². The van der Waals surface area contributed by atoms with Crippen LogP contribution in [0.4, 0.5) is 0 Å². The summed E-state index contributed by atoms with van der Waals surface area (Å²) >= 11 is 0. The Kier molecular flexibility index (Phi) is 3.72. The minimum atomic E-state index is 0.533. The molecule has 25 heavy (non-hydrogen) atoms. The van der Waals surface area contributed by atoms with Gasteiger partial charge in [0.15, 0.2) is 6.20 Å². The SMILES string of the molecule is Cc1ccc2c(n1)Cc1c-2ccc(-c2cc(C(C)C)cc[n+]2C)c1C. The van der Waals surface area contributed by atoms with E-state index in [4.69, 9.17) is 4.98 Å². The Bertz CT molecular complexity index is 984. The number of rotatable bonds is 2. The summed E-state index contributed by atoms with van der Waals surface area (Å²) in [5.74, 6) is 0.533. The zero-order valence-corrected chi connectivity index (χ0v) is 15.7. The molecule has 0 aliphatic heterocycles. The van der Waals surface area contributed by atoms with Crippen molar-refractivity contribution in [3.63, 3.8) is 0 Å². The standard InChI is InChI=1S/C23H25N2/c1-14(2)17-10-11-25(5)23(12-17)18-8-9-19-20-7-6-15(3)24-22(20)13-21(19)16(18)4/h6-12,14H,13H2,1-5H3/q+1. The molecule has 0 unspecified atom stereocenters. The Morgan fingerprint density at radius 3 is 2.44 bits per heavy atom. The van der Waals surface area contributed by atoms with Crippen molar-refractivity contribution >= 4 is 0 Å². The van der Waals surface area contributed by atoms with Gasteiger partial charge in [-0.05, 0) is 54.2 Å². The minimum Gasteiger partial charge on any atom is -0.257 e. The largest absolute Gasteiger partial charge is 0.257 e. The van der Waals surface area contributed by atoms with Gasteiger partial charge in [0.1, 0.15) is 7.05 Å². The van der Waals surface area contributed by atoms with Crippen molar-refractivity contribution in [1.29, 1.82) is 0 Å². The lowest BCUT2D eigenvalue weighted by atomic mass is 9.93. The number of pyridine rings is 2. The van der Waals surface area contributed by atoms with Crippen molar-refractivity contribution in [1.82, 2.24) is 4.98 Å². The van der Waals surface area contributed by atoms with Crippen molar-refractivity contribution in [3.8, 4) is 22.4 Å². The van der Waals surface area contributed by atoms with Crippen LogP contribution in [0, 0.1) is 13.8 Å². The van der Waals surface area contributed by atoms with Crippen LogP contribution in [-0.4, -0.2) is 4.98 Å².